The van der Waals surface area contributed by atoms with Crippen LogP contribution in [0.15, 0.2) is 24.3 Å². The molecule has 1 saturated heterocycles. The van der Waals surface area contributed by atoms with Gasteiger partial charge in [-0.05, 0) is 41.8 Å². The van der Waals surface area contributed by atoms with Gasteiger partial charge in [0.1, 0.15) is 0 Å². The average Bonchev–Trinajstić information content (AvgIpc) is 2.37. The first-order valence-electron chi connectivity index (χ1n) is 7.95. The normalized spacial score (nSPS) is 21.1. The van der Waals surface area contributed by atoms with Gasteiger partial charge < -0.3 is 10.6 Å². The number of piperidine rings is 1. The van der Waals surface area contributed by atoms with Crippen LogP contribution in [0.2, 0.25) is 0 Å². The summed E-state index contributed by atoms with van der Waals surface area (Å²) in [7, 11) is 0. The molecule has 0 aromatic heterocycles. The molecule has 0 amide bonds. The van der Waals surface area contributed by atoms with Crippen LogP contribution in [-0.4, -0.2) is 24.5 Å². The average molecular weight is 274 g/mol. The highest BCUT2D eigenvalue weighted by molar-refractivity contribution is 5.26. The van der Waals surface area contributed by atoms with Gasteiger partial charge in [-0.15, -0.1) is 0 Å². The number of nitrogens with zero attached hydrogens (tertiary/aromatic N) is 1. The third-order valence-electron chi connectivity index (χ3n) is 4.47. The van der Waals surface area contributed by atoms with E-state index in [0.29, 0.717) is 11.3 Å². The third-order valence-corrected chi connectivity index (χ3v) is 4.47. The van der Waals surface area contributed by atoms with E-state index in [9.17, 15) is 0 Å². The van der Waals surface area contributed by atoms with Gasteiger partial charge in [-0.3, -0.25) is 0 Å². The summed E-state index contributed by atoms with van der Waals surface area (Å²) in [5, 5.41) is 0. The Bertz CT molecular complexity index is 420. The first kappa shape index (κ1) is 15.5. The number of benzene rings is 1. The van der Waals surface area contributed by atoms with Crippen molar-refractivity contribution in [2.75, 3.05) is 19.6 Å². The van der Waals surface area contributed by atoms with Gasteiger partial charge in [0.25, 0.3) is 0 Å². The fourth-order valence-electron chi connectivity index (χ4n) is 3.21. The van der Waals surface area contributed by atoms with E-state index in [0.717, 1.165) is 6.54 Å². The number of nitrogens with two attached hydrogens (primary N) is 1. The van der Waals surface area contributed by atoms with E-state index in [-0.39, 0.29) is 6.04 Å². The van der Waals surface area contributed by atoms with Crippen LogP contribution in [0.1, 0.15) is 63.6 Å². The highest BCUT2D eigenvalue weighted by Gasteiger charge is 2.27. The SMILES string of the molecule is CC(C)c1ccc(C(N)CN2CCCC(C)(C)C2)cc1. The van der Waals surface area contributed by atoms with Crippen molar-refractivity contribution >= 4 is 0 Å². The zero-order valence-corrected chi connectivity index (χ0v) is 13.5. The van der Waals surface area contributed by atoms with E-state index in [2.05, 4.69) is 56.9 Å². The van der Waals surface area contributed by atoms with Crippen molar-refractivity contribution < 1.29 is 0 Å². The third kappa shape index (κ3) is 4.07. The summed E-state index contributed by atoms with van der Waals surface area (Å²) < 4.78 is 0. The Hall–Kier alpha value is -0.860. The van der Waals surface area contributed by atoms with E-state index in [1.54, 1.807) is 0 Å². The Labute approximate surface area is 124 Å². The largest absolute Gasteiger partial charge is 0.323 e. The molecule has 1 fully saturated rings. The molecule has 1 aliphatic rings. The van der Waals surface area contributed by atoms with Crippen LogP contribution in [-0.2, 0) is 0 Å². The van der Waals surface area contributed by atoms with Crippen LogP contribution in [0.25, 0.3) is 0 Å². The zero-order chi connectivity index (χ0) is 14.8. The van der Waals surface area contributed by atoms with E-state index < -0.39 is 0 Å². The van der Waals surface area contributed by atoms with Crippen LogP contribution in [0, 0.1) is 5.41 Å². The predicted octanol–water partition coefficient (Wildman–Crippen LogP) is 3.93. The lowest BCUT2D eigenvalue weighted by molar-refractivity contribution is 0.112. The van der Waals surface area contributed by atoms with Gasteiger partial charge in [-0.1, -0.05) is 52.0 Å². The quantitative estimate of drug-likeness (QED) is 0.901. The van der Waals surface area contributed by atoms with Crippen molar-refractivity contribution in [2.24, 2.45) is 11.1 Å². The fraction of sp³-hybridized carbons (Fsp3) is 0.667. The van der Waals surface area contributed by atoms with E-state index in [1.807, 2.05) is 0 Å². The Morgan fingerprint density at radius 1 is 1.15 bits per heavy atom. The van der Waals surface area contributed by atoms with Gasteiger partial charge in [0, 0.05) is 19.1 Å². The Morgan fingerprint density at radius 2 is 1.75 bits per heavy atom. The molecule has 2 N–H and O–H groups in total. The number of hydrogen-bond acceptors (Lipinski definition) is 2. The standard InChI is InChI=1S/C18H30N2/c1-14(2)15-6-8-16(9-7-15)17(19)12-20-11-5-10-18(3,4)13-20/h6-9,14,17H,5,10-13,19H2,1-4H3. The maximum Gasteiger partial charge on any atom is 0.0424 e. The second kappa shape index (κ2) is 6.28. The van der Waals surface area contributed by atoms with E-state index in [4.69, 9.17) is 5.73 Å². The number of likely N-dealkylation sites (tertiary alicyclic amines) is 1. The molecule has 1 aromatic carbocycles. The molecule has 0 aliphatic carbocycles. The molecule has 112 valence electrons. The molecular weight excluding hydrogens is 244 g/mol. The maximum absolute atomic E-state index is 6.40. The van der Waals surface area contributed by atoms with Gasteiger partial charge in [-0.2, -0.15) is 0 Å². The molecule has 1 aromatic rings. The lowest BCUT2D eigenvalue weighted by Gasteiger charge is -2.39. The molecule has 0 spiro atoms. The molecule has 1 atom stereocenters. The lowest BCUT2D eigenvalue weighted by atomic mass is 9.84. The molecule has 20 heavy (non-hydrogen) atoms. The summed E-state index contributed by atoms with van der Waals surface area (Å²) in [6.45, 7) is 12.5. The number of hydrogen-bond donors (Lipinski definition) is 1. The summed E-state index contributed by atoms with van der Waals surface area (Å²) in [4.78, 5) is 2.53. The van der Waals surface area contributed by atoms with Gasteiger partial charge in [0.05, 0.1) is 0 Å². The second-order valence-electron chi connectivity index (χ2n) is 7.43. The van der Waals surface area contributed by atoms with Gasteiger partial charge in [0.2, 0.25) is 0 Å². The molecule has 2 nitrogen and oxygen atoms in total. The molecule has 2 rings (SSSR count). The molecule has 2 heteroatoms. The molecule has 1 unspecified atom stereocenters. The van der Waals surface area contributed by atoms with Crippen LogP contribution < -0.4 is 5.73 Å². The van der Waals surface area contributed by atoms with Crippen molar-refractivity contribution in [3.8, 4) is 0 Å². The molecule has 0 bridgehead atoms. The van der Waals surface area contributed by atoms with Gasteiger partial charge in [0.15, 0.2) is 0 Å². The summed E-state index contributed by atoms with van der Waals surface area (Å²) in [5.74, 6) is 0.586. The molecule has 0 radical (unpaired) electrons. The van der Waals surface area contributed by atoms with Crippen molar-refractivity contribution in [3.63, 3.8) is 0 Å². The first-order chi connectivity index (χ1) is 9.37. The summed E-state index contributed by atoms with van der Waals surface area (Å²) in [6.07, 6.45) is 2.63. The zero-order valence-electron chi connectivity index (χ0n) is 13.5. The topological polar surface area (TPSA) is 29.3 Å². The van der Waals surface area contributed by atoms with Crippen LogP contribution >= 0.6 is 0 Å². The Morgan fingerprint density at radius 3 is 2.30 bits per heavy atom. The van der Waals surface area contributed by atoms with Crippen LogP contribution in [0.5, 0.6) is 0 Å². The Kier molecular flexibility index (Phi) is 4.87. The highest BCUT2D eigenvalue weighted by atomic mass is 15.1. The van der Waals surface area contributed by atoms with Crippen LogP contribution in [0.3, 0.4) is 0 Å². The van der Waals surface area contributed by atoms with Crippen molar-refractivity contribution in [1.82, 2.24) is 4.90 Å². The lowest BCUT2D eigenvalue weighted by Crippen LogP contribution is -2.43. The summed E-state index contributed by atoms with van der Waals surface area (Å²) in [6, 6.07) is 8.98. The van der Waals surface area contributed by atoms with Crippen molar-refractivity contribution in [2.45, 2.75) is 52.5 Å². The predicted molar refractivity (Wildman–Crippen MR) is 86.9 cm³/mol. The maximum atomic E-state index is 6.40. The second-order valence-corrected chi connectivity index (χ2v) is 7.43. The summed E-state index contributed by atoms with van der Waals surface area (Å²) >= 11 is 0. The monoisotopic (exact) mass is 274 g/mol. The van der Waals surface area contributed by atoms with Crippen LogP contribution in [0.4, 0.5) is 0 Å². The first-order valence-corrected chi connectivity index (χ1v) is 7.95. The van der Waals surface area contributed by atoms with E-state index >= 15 is 0 Å². The summed E-state index contributed by atoms with van der Waals surface area (Å²) in [5.41, 5.74) is 9.49. The van der Waals surface area contributed by atoms with Gasteiger partial charge in [-0.25, -0.2) is 0 Å². The van der Waals surface area contributed by atoms with Gasteiger partial charge >= 0.3 is 0 Å². The van der Waals surface area contributed by atoms with Crippen molar-refractivity contribution in [3.05, 3.63) is 35.4 Å². The molecule has 1 aliphatic heterocycles. The Balaban J connectivity index is 1.95. The fourth-order valence-corrected chi connectivity index (χ4v) is 3.21. The number of rotatable bonds is 4. The minimum absolute atomic E-state index is 0.130. The molecule has 1 heterocycles. The smallest absolute Gasteiger partial charge is 0.0424 e. The van der Waals surface area contributed by atoms with Crippen molar-refractivity contribution in [1.29, 1.82) is 0 Å². The molecule has 0 saturated carbocycles. The highest BCUT2D eigenvalue weighted by Crippen LogP contribution is 2.29. The minimum atomic E-state index is 0.130. The minimum Gasteiger partial charge on any atom is -0.323 e. The van der Waals surface area contributed by atoms with E-state index in [1.165, 1.54) is 37.1 Å². The molecular formula is C18H30N2.